The van der Waals surface area contributed by atoms with E-state index < -0.39 is 21.1 Å². The van der Waals surface area contributed by atoms with Gasteiger partial charge in [0.15, 0.2) is 15.5 Å². The minimum Gasteiger partial charge on any atom is -0.277 e. The van der Waals surface area contributed by atoms with E-state index in [2.05, 4.69) is 9.97 Å². The number of hydrogen-bond donors (Lipinski definition) is 0. The molecule has 0 amide bonds. The standard InChI is InChI=1S/C22H28N4O4S2/c1-5-11-26-19-18(21(27)25(4)22(26)28)20(24-17(23-19)14-15(2)3)31-12-13-32(29,30)16-9-7-6-8-10-16/h6-10,15H,5,11-14H2,1-4H3. The number of aryl methyl sites for hydroxylation is 1. The molecule has 1 aromatic carbocycles. The second-order valence-corrected chi connectivity index (χ2v) is 11.2. The number of nitrogens with zero attached hydrogens (tertiary/aromatic N) is 4. The van der Waals surface area contributed by atoms with Crippen LogP contribution in [0.5, 0.6) is 0 Å². The van der Waals surface area contributed by atoms with Crippen LogP contribution in [0.4, 0.5) is 0 Å². The Morgan fingerprint density at radius 1 is 1.09 bits per heavy atom. The predicted octanol–water partition coefficient (Wildman–Crippen LogP) is 2.66. The summed E-state index contributed by atoms with van der Waals surface area (Å²) in [5.41, 5.74) is -0.568. The van der Waals surface area contributed by atoms with Gasteiger partial charge in [-0.1, -0.05) is 39.0 Å². The molecule has 0 bridgehead atoms. The lowest BCUT2D eigenvalue weighted by molar-refractivity contribution is 0.592. The number of benzene rings is 1. The molecule has 0 aliphatic heterocycles. The Morgan fingerprint density at radius 2 is 1.78 bits per heavy atom. The van der Waals surface area contributed by atoms with E-state index in [1.165, 1.54) is 23.4 Å². The Balaban J connectivity index is 2.06. The molecule has 0 fully saturated rings. The van der Waals surface area contributed by atoms with Crippen LogP contribution in [0.15, 0.2) is 49.8 Å². The maximum Gasteiger partial charge on any atom is 0.332 e. The van der Waals surface area contributed by atoms with Crippen LogP contribution in [-0.4, -0.2) is 39.0 Å². The lowest BCUT2D eigenvalue weighted by atomic mass is 10.1. The van der Waals surface area contributed by atoms with Gasteiger partial charge in [-0.3, -0.25) is 13.9 Å². The molecule has 0 atom stereocenters. The number of aromatic nitrogens is 4. The second kappa shape index (κ2) is 9.99. The Labute approximate surface area is 191 Å². The number of fused-ring (bicyclic) bond motifs is 1. The first-order chi connectivity index (χ1) is 15.2. The van der Waals surface area contributed by atoms with Crippen molar-refractivity contribution >= 4 is 32.6 Å². The Kier molecular flexibility index (Phi) is 7.55. The van der Waals surface area contributed by atoms with E-state index in [4.69, 9.17) is 0 Å². The van der Waals surface area contributed by atoms with Crippen molar-refractivity contribution in [2.24, 2.45) is 13.0 Å². The van der Waals surface area contributed by atoms with Crippen LogP contribution in [0.2, 0.25) is 0 Å². The minimum absolute atomic E-state index is 0.0956. The van der Waals surface area contributed by atoms with E-state index in [1.807, 2.05) is 20.8 Å². The van der Waals surface area contributed by atoms with Gasteiger partial charge in [-0.05, 0) is 24.5 Å². The van der Waals surface area contributed by atoms with Crippen molar-refractivity contribution in [3.8, 4) is 0 Å². The molecule has 2 aromatic heterocycles. The van der Waals surface area contributed by atoms with Crippen LogP contribution < -0.4 is 11.2 Å². The molecule has 3 rings (SSSR count). The van der Waals surface area contributed by atoms with Gasteiger partial charge in [0.1, 0.15) is 16.2 Å². The fourth-order valence-corrected chi connectivity index (χ4v) is 6.07. The van der Waals surface area contributed by atoms with Gasteiger partial charge < -0.3 is 0 Å². The van der Waals surface area contributed by atoms with E-state index in [0.29, 0.717) is 35.9 Å². The molecule has 32 heavy (non-hydrogen) atoms. The summed E-state index contributed by atoms with van der Waals surface area (Å²) in [4.78, 5) is 35.1. The smallest absolute Gasteiger partial charge is 0.277 e. The van der Waals surface area contributed by atoms with E-state index in [-0.39, 0.29) is 27.7 Å². The van der Waals surface area contributed by atoms with E-state index in [0.717, 1.165) is 4.57 Å². The van der Waals surface area contributed by atoms with E-state index in [9.17, 15) is 18.0 Å². The van der Waals surface area contributed by atoms with Gasteiger partial charge in [-0.15, -0.1) is 11.8 Å². The Bertz CT molecular complexity index is 1330. The zero-order valence-corrected chi connectivity index (χ0v) is 20.4. The molecule has 0 radical (unpaired) electrons. The van der Waals surface area contributed by atoms with Crippen LogP contribution in [-0.2, 0) is 29.9 Å². The summed E-state index contributed by atoms with van der Waals surface area (Å²) in [6.45, 7) is 6.45. The highest BCUT2D eigenvalue weighted by molar-refractivity contribution is 8.00. The normalized spacial score (nSPS) is 12.0. The predicted molar refractivity (Wildman–Crippen MR) is 127 cm³/mol. The van der Waals surface area contributed by atoms with Crippen molar-refractivity contribution in [1.29, 1.82) is 0 Å². The van der Waals surface area contributed by atoms with Gasteiger partial charge in [-0.25, -0.2) is 23.2 Å². The highest BCUT2D eigenvalue weighted by Gasteiger charge is 2.20. The molecule has 0 spiro atoms. The molecule has 10 heteroatoms. The zero-order chi connectivity index (χ0) is 23.5. The van der Waals surface area contributed by atoms with Crippen molar-refractivity contribution in [2.45, 2.75) is 50.1 Å². The third-order valence-electron chi connectivity index (χ3n) is 4.93. The maximum atomic E-state index is 13.0. The molecule has 172 valence electrons. The lowest BCUT2D eigenvalue weighted by Gasteiger charge is -2.14. The average Bonchev–Trinajstić information content (AvgIpc) is 2.75. The van der Waals surface area contributed by atoms with Crippen LogP contribution in [0, 0.1) is 5.92 Å². The van der Waals surface area contributed by atoms with Crippen LogP contribution >= 0.6 is 11.8 Å². The first-order valence-corrected chi connectivity index (χ1v) is 13.2. The molecule has 0 N–H and O–H groups in total. The molecule has 0 aliphatic carbocycles. The summed E-state index contributed by atoms with van der Waals surface area (Å²) in [5.74, 6) is 0.947. The molecule has 0 aliphatic rings. The monoisotopic (exact) mass is 476 g/mol. The van der Waals surface area contributed by atoms with Gasteiger partial charge in [0.2, 0.25) is 0 Å². The summed E-state index contributed by atoms with van der Waals surface area (Å²) in [6, 6.07) is 8.28. The third kappa shape index (κ3) is 5.12. The first kappa shape index (κ1) is 24.2. The van der Waals surface area contributed by atoms with Crippen LogP contribution in [0.25, 0.3) is 11.0 Å². The average molecular weight is 477 g/mol. The van der Waals surface area contributed by atoms with E-state index in [1.54, 1.807) is 30.3 Å². The zero-order valence-electron chi connectivity index (χ0n) is 18.7. The van der Waals surface area contributed by atoms with Gasteiger partial charge in [0.25, 0.3) is 5.56 Å². The van der Waals surface area contributed by atoms with Gasteiger partial charge in [-0.2, -0.15) is 0 Å². The molecule has 0 saturated carbocycles. The summed E-state index contributed by atoms with van der Waals surface area (Å²) in [5, 5.41) is 0.675. The lowest BCUT2D eigenvalue weighted by Crippen LogP contribution is -2.39. The van der Waals surface area contributed by atoms with Crippen molar-refractivity contribution < 1.29 is 8.42 Å². The topological polar surface area (TPSA) is 104 Å². The Morgan fingerprint density at radius 3 is 2.41 bits per heavy atom. The largest absolute Gasteiger partial charge is 0.332 e. The quantitative estimate of drug-likeness (QED) is 0.345. The van der Waals surface area contributed by atoms with E-state index >= 15 is 0 Å². The van der Waals surface area contributed by atoms with Crippen molar-refractivity contribution in [3.05, 3.63) is 57.0 Å². The van der Waals surface area contributed by atoms with Crippen LogP contribution in [0.1, 0.15) is 33.0 Å². The highest BCUT2D eigenvalue weighted by atomic mass is 32.2. The fraction of sp³-hybridized carbons (Fsp3) is 0.455. The van der Waals surface area contributed by atoms with Crippen molar-refractivity contribution in [3.63, 3.8) is 0 Å². The second-order valence-electron chi connectivity index (χ2n) is 8.02. The highest BCUT2D eigenvalue weighted by Crippen LogP contribution is 2.24. The molecular formula is C22H28N4O4S2. The van der Waals surface area contributed by atoms with Crippen molar-refractivity contribution in [2.75, 3.05) is 11.5 Å². The maximum absolute atomic E-state index is 13.0. The third-order valence-corrected chi connectivity index (χ3v) is 7.89. The number of sulfone groups is 1. The summed E-state index contributed by atoms with van der Waals surface area (Å²) >= 11 is 1.21. The Hall–Kier alpha value is -2.46. The molecule has 2 heterocycles. The van der Waals surface area contributed by atoms with Crippen molar-refractivity contribution in [1.82, 2.24) is 19.1 Å². The molecule has 0 saturated heterocycles. The number of rotatable bonds is 9. The van der Waals surface area contributed by atoms with Gasteiger partial charge >= 0.3 is 5.69 Å². The molecule has 0 unspecified atom stereocenters. The first-order valence-electron chi connectivity index (χ1n) is 10.6. The number of thioether (sulfide) groups is 1. The number of hydrogen-bond acceptors (Lipinski definition) is 7. The SMILES string of the molecule is CCCn1c(=O)n(C)c(=O)c2c(SCCS(=O)(=O)c3ccccc3)nc(CC(C)C)nc21. The summed E-state index contributed by atoms with van der Waals surface area (Å²) < 4.78 is 27.9. The van der Waals surface area contributed by atoms with Crippen LogP contribution in [0.3, 0.4) is 0 Å². The summed E-state index contributed by atoms with van der Waals surface area (Å²) in [6.07, 6.45) is 1.29. The summed E-state index contributed by atoms with van der Waals surface area (Å²) in [7, 11) is -2.02. The van der Waals surface area contributed by atoms with Gasteiger partial charge in [0.05, 0.1) is 10.6 Å². The molecule has 8 nitrogen and oxygen atoms in total. The minimum atomic E-state index is -3.46. The van der Waals surface area contributed by atoms with Gasteiger partial charge in [0, 0.05) is 25.8 Å². The molecular weight excluding hydrogens is 448 g/mol. The molecule has 3 aromatic rings. The fourth-order valence-electron chi connectivity index (χ4n) is 3.36.